The van der Waals surface area contributed by atoms with Crippen molar-refractivity contribution in [3.63, 3.8) is 0 Å². The number of esters is 1. The van der Waals surface area contributed by atoms with E-state index in [1.165, 1.54) is 6.07 Å². The molecule has 0 fully saturated rings. The van der Waals surface area contributed by atoms with Crippen molar-refractivity contribution in [3.8, 4) is 6.07 Å². The quantitative estimate of drug-likeness (QED) is 0.731. The van der Waals surface area contributed by atoms with E-state index in [1.54, 1.807) is 25.1 Å². The van der Waals surface area contributed by atoms with Crippen LogP contribution >= 0.6 is 0 Å². The summed E-state index contributed by atoms with van der Waals surface area (Å²) < 4.78 is 10.3. The van der Waals surface area contributed by atoms with Crippen LogP contribution in [0.1, 0.15) is 29.8 Å². The van der Waals surface area contributed by atoms with E-state index in [2.05, 4.69) is 0 Å². The molecule has 0 spiro atoms. The molecule has 0 aliphatic carbocycles. The summed E-state index contributed by atoms with van der Waals surface area (Å²) in [5, 5.41) is 8.72. The number of nitrogens with zero attached hydrogens (tertiary/aromatic N) is 1. The Hall–Kier alpha value is -1.86. The topological polar surface area (TPSA) is 59.3 Å². The fourth-order valence-electron chi connectivity index (χ4n) is 1.28. The molecule has 0 saturated heterocycles. The van der Waals surface area contributed by atoms with Gasteiger partial charge in [0.05, 0.1) is 23.8 Å². The van der Waals surface area contributed by atoms with Gasteiger partial charge >= 0.3 is 5.97 Å². The van der Waals surface area contributed by atoms with Gasteiger partial charge in [0.15, 0.2) is 0 Å². The predicted molar refractivity (Wildman–Crippen MR) is 62.5 cm³/mol. The number of benzene rings is 1. The highest BCUT2D eigenvalue weighted by Crippen LogP contribution is 2.07. The van der Waals surface area contributed by atoms with Gasteiger partial charge in [-0.05, 0) is 32.0 Å². The maximum atomic E-state index is 11.7. The number of rotatable bonds is 5. The molecule has 1 aromatic carbocycles. The molecular weight excluding hydrogens is 218 g/mol. The van der Waals surface area contributed by atoms with Crippen molar-refractivity contribution in [2.45, 2.75) is 20.0 Å². The molecule has 0 saturated carbocycles. The van der Waals surface area contributed by atoms with Crippen molar-refractivity contribution in [2.75, 3.05) is 13.2 Å². The molecule has 0 radical (unpaired) electrons. The Morgan fingerprint density at radius 3 is 2.94 bits per heavy atom. The average molecular weight is 233 g/mol. The molecule has 4 heteroatoms. The number of ether oxygens (including phenoxy) is 2. The normalized spacial score (nSPS) is 11.6. The van der Waals surface area contributed by atoms with Crippen molar-refractivity contribution in [3.05, 3.63) is 35.4 Å². The van der Waals surface area contributed by atoms with E-state index in [4.69, 9.17) is 14.7 Å². The predicted octanol–water partition coefficient (Wildman–Crippen LogP) is 2.14. The van der Waals surface area contributed by atoms with Crippen LogP contribution in [0.25, 0.3) is 0 Å². The highest BCUT2D eigenvalue weighted by Gasteiger charge is 2.12. The Kier molecular flexibility index (Phi) is 5.18. The highest BCUT2D eigenvalue weighted by atomic mass is 16.6. The molecule has 4 nitrogen and oxygen atoms in total. The fourth-order valence-corrected chi connectivity index (χ4v) is 1.28. The van der Waals surface area contributed by atoms with Gasteiger partial charge in [-0.25, -0.2) is 4.79 Å². The van der Waals surface area contributed by atoms with Gasteiger partial charge in [-0.2, -0.15) is 5.26 Å². The van der Waals surface area contributed by atoms with Crippen molar-refractivity contribution in [1.82, 2.24) is 0 Å². The van der Waals surface area contributed by atoms with Crippen LogP contribution in [0.3, 0.4) is 0 Å². The summed E-state index contributed by atoms with van der Waals surface area (Å²) in [6.45, 7) is 4.61. The zero-order valence-corrected chi connectivity index (χ0v) is 9.97. The summed E-state index contributed by atoms with van der Waals surface area (Å²) in [6, 6.07) is 8.40. The van der Waals surface area contributed by atoms with Crippen LogP contribution in [-0.2, 0) is 9.47 Å². The summed E-state index contributed by atoms with van der Waals surface area (Å²) in [4.78, 5) is 11.7. The SMILES string of the molecule is CCOC[C@@H](C)OC(=O)c1cccc(C#N)c1. The number of carbonyl (C=O) groups is 1. The molecular formula is C13H15NO3. The van der Waals surface area contributed by atoms with Crippen molar-refractivity contribution in [1.29, 1.82) is 5.26 Å². The number of hydrogen-bond acceptors (Lipinski definition) is 4. The molecule has 0 bridgehead atoms. The lowest BCUT2D eigenvalue weighted by Gasteiger charge is -2.12. The van der Waals surface area contributed by atoms with E-state index in [-0.39, 0.29) is 6.10 Å². The van der Waals surface area contributed by atoms with Crippen LogP contribution in [0.5, 0.6) is 0 Å². The first kappa shape index (κ1) is 13.2. The molecule has 1 aromatic rings. The average Bonchev–Trinajstić information content (AvgIpc) is 2.36. The number of nitriles is 1. The fraction of sp³-hybridized carbons (Fsp3) is 0.385. The van der Waals surface area contributed by atoms with Gasteiger partial charge in [0.2, 0.25) is 0 Å². The highest BCUT2D eigenvalue weighted by molar-refractivity contribution is 5.89. The van der Waals surface area contributed by atoms with E-state index in [0.717, 1.165) is 0 Å². The Balaban J connectivity index is 2.60. The van der Waals surface area contributed by atoms with Crippen molar-refractivity contribution >= 4 is 5.97 Å². The lowest BCUT2D eigenvalue weighted by Crippen LogP contribution is -2.20. The Morgan fingerprint density at radius 1 is 1.53 bits per heavy atom. The van der Waals surface area contributed by atoms with Crippen LogP contribution in [0.15, 0.2) is 24.3 Å². The molecule has 90 valence electrons. The largest absolute Gasteiger partial charge is 0.457 e. The first-order valence-electron chi connectivity index (χ1n) is 5.46. The van der Waals surface area contributed by atoms with Gasteiger partial charge in [0.25, 0.3) is 0 Å². The van der Waals surface area contributed by atoms with E-state index in [0.29, 0.717) is 24.3 Å². The second-order valence-corrected chi connectivity index (χ2v) is 3.57. The minimum Gasteiger partial charge on any atom is -0.457 e. The van der Waals surface area contributed by atoms with Crippen LogP contribution in [0.4, 0.5) is 0 Å². The zero-order chi connectivity index (χ0) is 12.7. The molecule has 0 aromatic heterocycles. The minimum absolute atomic E-state index is 0.298. The van der Waals surface area contributed by atoms with E-state index in [1.807, 2.05) is 13.0 Å². The van der Waals surface area contributed by atoms with Crippen LogP contribution < -0.4 is 0 Å². The van der Waals surface area contributed by atoms with Gasteiger partial charge in [0.1, 0.15) is 6.10 Å². The summed E-state index contributed by atoms with van der Waals surface area (Å²) in [5.74, 6) is -0.436. The molecule has 17 heavy (non-hydrogen) atoms. The molecule has 1 rings (SSSR count). The first-order valence-corrected chi connectivity index (χ1v) is 5.46. The third kappa shape index (κ3) is 4.25. The maximum Gasteiger partial charge on any atom is 0.338 e. The Morgan fingerprint density at radius 2 is 2.29 bits per heavy atom. The lowest BCUT2D eigenvalue weighted by atomic mass is 10.1. The molecule has 1 atom stereocenters. The summed E-state index contributed by atoms with van der Waals surface area (Å²) in [5.41, 5.74) is 0.823. The minimum atomic E-state index is -0.436. The zero-order valence-electron chi connectivity index (χ0n) is 9.97. The summed E-state index contributed by atoms with van der Waals surface area (Å²) in [6.07, 6.45) is -0.298. The maximum absolute atomic E-state index is 11.7. The third-order valence-corrected chi connectivity index (χ3v) is 2.09. The van der Waals surface area contributed by atoms with Gasteiger partial charge in [0, 0.05) is 6.61 Å². The molecule has 0 heterocycles. The van der Waals surface area contributed by atoms with Crippen molar-refractivity contribution in [2.24, 2.45) is 0 Å². The van der Waals surface area contributed by atoms with Gasteiger partial charge in [-0.3, -0.25) is 0 Å². The molecule has 0 aliphatic rings. The number of carbonyl (C=O) groups excluding carboxylic acids is 1. The van der Waals surface area contributed by atoms with Crippen LogP contribution in [0.2, 0.25) is 0 Å². The van der Waals surface area contributed by atoms with E-state index >= 15 is 0 Å². The van der Waals surface area contributed by atoms with Gasteiger partial charge in [-0.1, -0.05) is 6.07 Å². The van der Waals surface area contributed by atoms with E-state index < -0.39 is 5.97 Å². The van der Waals surface area contributed by atoms with Crippen LogP contribution in [-0.4, -0.2) is 25.3 Å². The summed E-state index contributed by atoms with van der Waals surface area (Å²) >= 11 is 0. The van der Waals surface area contributed by atoms with Gasteiger partial charge in [-0.15, -0.1) is 0 Å². The van der Waals surface area contributed by atoms with Crippen LogP contribution in [0, 0.1) is 11.3 Å². The van der Waals surface area contributed by atoms with E-state index in [9.17, 15) is 4.79 Å². The molecule has 0 amide bonds. The first-order chi connectivity index (χ1) is 8.17. The second-order valence-electron chi connectivity index (χ2n) is 3.57. The lowest BCUT2D eigenvalue weighted by molar-refractivity contribution is 0.00439. The third-order valence-electron chi connectivity index (χ3n) is 2.09. The standard InChI is InChI=1S/C13H15NO3/c1-3-16-9-10(2)17-13(15)12-6-4-5-11(7-12)8-14/h4-7,10H,3,9H2,1-2H3/t10-/m1/s1. The Bertz CT molecular complexity index is 423. The second kappa shape index (κ2) is 6.66. The molecule has 0 aliphatic heterocycles. The van der Waals surface area contributed by atoms with Crippen molar-refractivity contribution < 1.29 is 14.3 Å². The Labute approximate surface area is 101 Å². The molecule has 0 N–H and O–H groups in total. The summed E-state index contributed by atoms with van der Waals surface area (Å²) in [7, 11) is 0. The number of hydrogen-bond donors (Lipinski definition) is 0. The smallest absolute Gasteiger partial charge is 0.338 e. The molecule has 0 unspecified atom stereocenters. The van der Waals surface area contributed by atoms with Gasteiger partial charge < -0.3 is 9.47 Å². The monoisotopic (exact) mass is 233 g/mol.